The predicted octanol–water partition coefficient (Wildman–Crippen LogP) is 3.49. The van der Waals surface area contributed by atoms with E-state index in [0.29, 0.717) is 17.1 Å². The fourth-order valence-corrected chi connectivity index (χ4v) is 3.20. The largest absolute Gasteiger partial charge is 0.497 e. The molecule has 0 fully saturated rings. The molecule has 0 unspecified atom stereocenters. The summed E-state index contributed by atoms with van der Waals surface area (Å²) < 4.78 is 14.3. The number of amides is 1. The SMILES string of the molecule is COc1ccc(CN(C)C(=O)c2snnc2-c2ccc(OC)cc2)cc1. The summed E-state index contributed by atoms with van der Waals surface area (Å²) in [6.45, 7) is 0.489. The van der Waals surface area contributed by atoms with Crippen molar-refractivity contribution in [3.05, 3.63) is 59.0 Å². The number of nitrogens with zero attached hydrogens (tertiary/aromatic N) is 3. The molecule has 1 heterocycles. The van der Waals surface area contributed by atoms with Crippen LogP contribution < -0.4 is 9.47 Å². The molecule has 0 bridgehead atoms. The third-order valence-corrected chi connectivity index (χ3v) is 4.69. The number of carbonyl (C=O) groups excluding carboxylic acids is 1. The van der Waals surface area contributed by atoms with Crippen molar-refractivity contribution in [2.45, 2.75) is 6.54 Å². The smallest absolute Gasteiger partial charge is 0.267 e. The lowest BCUT2D eigenvalue weighted by Gasteiger charge is -2.17. The summed E-state index contributed by atoms with van der Waals surface area (Å²) in [4.78, 5) is 15.0. The summed E-state index contributed by atoms with van der Waals surface area (Å²) in [5.41, 5.74) is 2.44. The molecular weight excluding hydrogens is 350 g/mol. The van der Waals surface area contributed by atoms with Crippen LogP contribution in [0.15, 0.2) is 48.5 Å². The van der Waals surface area contributed by atoms with Crippen LogP contribution in [0.5, 0.6) is 11.5 Å². The molecule has 7 heteroatoms. The first-order valence-corrected chi connectivity index (χ1v) is 8.75. The summed E-state index contributed by atoms with van der Waals surface area (Å²) in [6, 6.07) is 15.1. The van der Waals surface area contributed by atoms with Gasteiger partial charge in [-0.2, -0.15) is 0 Å². The number of methoxy groups -OCH3 is 2. The van der Waals surface area contributed by atoms with Crippen molar-refractivity contribution in [1.82, 2.24) is 14.5 Å². The van der Waals surface area contributed by atoms with Crippen LogP contribution in [-0.2, 0) is 6.54 Å². The van der Waals surface area contributed by atoms with Gasteiger partial charge in [0.25, 0.3) is 5.91 Å². The summed E-state index contributed by atoms with van der Waals surface area (Å²) in [6.07, 6.45) is 0. The van der Waals surface area contributed by atoms with Crippen molar-refractivity contribution in [3.8, 4) is 22.8 Å². The van der Waals surface area contributed by atoms with Crippen molar-refractivity contribution in [3.63, 3.8) is 0 Å². The Labute approximate surface area is 156 Å². The van der Waals surface area contributed by atoms with Crippen molar-refractivity contribution in [1.29, 1.82) is 0 Å². The van der Waals surface area contributed by atoms with E-state index in [9.17, 15) is 4.79 Å². The van der Waals surface area contributed by atoms with Gasteiger partial charge in [0, 0.05) is 19.2 Å². The van der Waals surface area contributed by atoms with E-state index in [1.807, 2.05) is 48.5 Å². The number of hydrogen-bond acceptors (Lipinski definition) is 6. The number of aromatic nitrogens is 2. The maximum absolute atomic E-state index is 12.9. The maximum atomic E-state index is 12.9. The van der Waals surface area contributed by atoms with Gasteiger partial charge >= 0.3 is 0 Å². The highest BCUT2D eigenvalue weighted by Crippen LogP contribution is 2.27. The van der Waals surface area contributed by atoms with E-state index < -0.39 is 0 Å². The Hall–Kier alpha value is -2.93. The minimum atomic E-state index is -0.110. The Morgan fingerprint density at radius 1 is 1.00 bits per heavy atom. The molecule has 0 aliphatic carbocycles. The lowest BCUT2D eigenvalue weighted by atomic mass is 10.1. The van der Waals surface area contributed by atoms with E-state index in [-0.39, 0.29) is 5.91 Å². The first-order valence-electron chi connectivity index (χ1n) is 7.97. The molecule has 0 spiro atoms. The predicted molar refractivity (Wildman–Crippen MR) is 101 cm³/mol. The normalized spacial score (nSPS) is 10.4. The molecule has 2 aromatic carbocycles. The Bertz CT molecular complexity index is 876. The van der Waals surface area contributed by atoms with Crippen LogP contribution in [0.25, 0.3) is 11.3 Å². The van der Waals surface area contributed by atoms with E-state index in [1.54, 1.807) is 26.2 Å². The lowest BCUT2D eigenvalue weighted by Crippen LogP contribution is -2.25. The van der Waals surface area contributed by atoms with E-state index in [0.717, 1.165) is 34.2 Å². The van der Waals surface area contributed by atoms with E-state index in [4.69, 9.17) is 9.47 Å². The highest BCUT2D eigenvalue weighted by molar-refractivity contribution is 7.08. The fraction of sp³-hybridized carbons (Fsp3) is 0.211. The first kappa shape index (κ1) is 17.9. The number of rotatable bonds is 6. The van der Waals surface area contributed by atoms with E-state index in [2.05, 4.69) is 9.59 Å². The summed E-state index contributed by atoms with van der Waals surface area (Å²) in [5, 5.41) is 4.14. The van der Waals surface area contributed by atoms with Crippen LogP contribution in [0.3, 0.4) is 0 Å². The molecule has 26 heavy (non-hydrogen) atoms. The fourth-order valence-electron chi connectivity index (χ4n) is 2.52. The number of carbonyl (C=O) groups is 1. The van der Waals surface area contributed by atoms with Crippen molar-refractivity contribution < 1.29 is 14.3 Å². The molecule has 0 saturated heterocycles. The molecule has 0 saturated carbocycles. The third-order valence-electron chi connectivity index (χ3n) is 3.97. The number of hydrogen-bond donors (Lipinski definition) is 0. The number of ether oxygens (including phenoxy) is 2. The standard InChI is InChI=1S/C19H19N3O3S/c1-22(12-13-4-8-15(24-2)9-5-13)19(23)18-17(20-21-26-18)14-6-10-16(25-3)11-7-14/h4-11H,12H2,1-3H3. The molecule has 1 amide bonds. The van der Waals surface area contributed by atoms with Crippen LogP contribution in [0, 0.1) is 0 Å². The molecule has 0 aliphatic heterocycles. The minimum Gasteiger partial charge on any atom is -0.497 e. The van der Waals surface area contributed by atoms with E-state index in [1.165, 1.54) is 0 Å². The zero-order chi connectivity index (χ0) is 18.5. The second kappa shape index (κ2) is 7.97. The summed E-state index contributed by atoms with van der Waals surface area (Å²) >= 11 is 1.10. The molecule has 0 atom stereocenters. The quantitative estimate of drug-likeness (QED) is 0.665. The second-order valence-electron chi connectivity index (χ2n) is 5.69. The van der Waals surface area contributed by atoms with Crippen LogP contribution in [0.2, 0.25) is 0 Å². The highest BCUT2D eigenvalue weighted by Gasteiger charge is 2.21. The van der Waals surface area contributed by atoms with Gasteiger partial charge in [-0.05, 0) is 53.5 Å². The summed E-state index contributed by atoms with van der Waals surface area (Å²) in [7, 11) is 5.01. The van der Waals surface area contributed by atoms with Gasteiger partial charge in [-0.3, -0.25) is 4.79 Å². The molecule has 0 radical (unpaired) electrons. The van der Waals surface area contributed by atoms with E-state index >= 15 is 0 Å². The number of benzene rings is 2. The molecule has 1 aromatic heterocycles. The average molecular weight is 369 g/mol. The highest BCUT2D eigenvalue weighted by atomic mass is 32.1. The zero-order valence-corrected chi connectivity index (χ0v) is 15.6. The van der Waals surface area contributed by atoms with Crippen LogP contribution in [0.1, 0.15) is 15.2 Å². The third kappa shape index (κ3) is 3.83. The van der Waals surface area contributed by atoms with Gasteiger partial charge in [0.05, 0.1) is 14.2 Å². The molecule has 134 valence electrons. The Balaban J connectivity index is 1.77. The van der Waals surface area contributed by atoms with Crippen molar-refractivity contribution >= 4 is 17.4 Å². The Morgan fingerprint density at radius 3 is 2.15 bits per heavy atom. The zero-order valence-electron chi connectivity index (χ0n) is 14.8. The second-order valence-corrected chi connectivity index (χ2v) is 6.44. The minimum absolute atomic E-state index is 0.110. The van der Waals surface area contributed by atoms with Crippen LogP contribution in [-0.4, -0.2) is 41.7 Å². The monoisotopic (exact) mass is 369 g/mol. The molecular formula is C19H19N3O3S. The lowest BCUT2D eigenvalue weighted by molar-refractivity contribution is 0.0790. The van der Waals surface area contributed by atoms with Gasteiger partial charge in [-0.1, -0.05) is 16.6 Å². The van der Waals surface area contributed by atoms with Gasteiger partial charge in [-0.15, -0.1) is 5.10 Å². The van der Waals surface area contributed by atoms with Gasteiger partial charge < -0.3 is 14.4 Å². The van der Waals surface area contributed by atoms with Gasteiger partial charge in [0.15, 0.2) is 0 Å². The Kier molecular flexibility index (Phi) is 5.48. The topological polar surface area (TPSA) is 64.5 Å². The first-order chi connectivity index (χ1) is 12.6. The molecule has 3 rings (SSSR count). The van der Waals surface area contributed by atoms with Crippen LogP contribution in [0.4, 0.5) is 0 Å². The van der Waals surface area contributed by atoms with Crippen molar-refractivity contribution in [2.75, 3.05) is 21.3 Å². The van der Waals surface area contributed by atoms with Gasteiger partial charge in [0.2, 0.25) is 0 Å². The maximum Gasteiger partial charge on any atom is 0.267 e. The Morgan fingerprint density at radius 2 is 1.58 bits per heavy atom. The summed E-state index contributed by atoms with van der Waals surface area (Å²) in [5.74, 6) is 1.43. The van der Waals surface area contributed by atoms with Gasteiger partial charge in [0.1, 0.15) is 22.1 Å². The molecule has 3 aromatic rings. The molecule has 6 nitrogen and oxygen atoms in total. The average Bonchev–Trinajstić information content (AvgIpc) is 3.17. The molecule has 0 N–H and O–H groups in total. The van der Waals surface area contributed by atoms with Gasteiger partial charge in [-0.25, -0.2) is 0 Å². The van der Waals surface area contributed by atoms with Crippen molar-refractivity contribution in [2.24, 2.45) is 0 Å². The molecule has 0 aliphatic rings. The van der Waals surface area contributed by atoms with Crippen LogP contribution >= 0.6 is 11.5 Å².